The highest BCUT2D eigenvalue weighted by molar-refractivity contribution is 5.70. The van der Waals surface area contributed by atoms with Crippen LogP contribution in [0.5, 0.6) is 0 Å². The lowest BCUT2D eigenvalue weighted by Gasteiger charge is -2.42. The molecule has 2 fully saturated rings. The number of unbranched alkanes of at least 4 members (excludes halogenated alkanes) is 37. The van der Waals surface area contributed by atoms with E-state index in [2.05, 4.69) is 38.2 Å². The number of allylic oxidation sites excluding steroid dienone is 4. The Bertz CT molecular complexity index is 1500. The second-order valence-electron chi connectivity index (χ2n) is 23.6. The predicted molar refractivity (Wildman–Crippen MR) is 321 cm³/mol. The monoisotopic (exact) mass is 1150 g/mol. The zero-order valence-corrected chi connectivity index (χ0v) is 51.3. The summed E-state index contributed by atoms with van der Waals surface area (Å²) in [7, 11) is 0. The molecule has 2 heterocycles. The topological polar surface area (TPSA) is 231 Å². The van der Waals surface area contributed by atoms with Gasteiger partial charge in [-0.05, 0) is 44.9 Å². The zero-order chi connectivity index (χ0) is 58.8. The van der Waals surface area contributed by atoms with Crippen LogP contribution in [0.2, 0.25) is 0 Å². The van der Waals surface area contributed by atoms with Gasteiger partial charge in [-0.2, -0.15) is 0 Å². The van der Waals surface area contributed by atoms with Crippen molar-refractivity contribution in [2.24, 2.45) is 0 Å². The summed E-state index contributed by atoms with van der Waals surface area (Å²) in [6.07, 6.45) is 43.6. The lowest BCUT2D eigenvalue weighted by Crippen LogP contribution is -2.61. The van der Waals surface area contributed by atoms with Crippen LogP contribution in [0.25, 0.3) is 0 Å². The summed E-state index contributed by atoms with van der Waals surface area (Å²) in [6.45, 7) is 2.63. The molecule has 0 saturated carbocycles. The number of hydrogen-bond donors (Lipinski definition) is 7. The minimum Gasteiger partial charge on any atom is -0.462 e. The molecule has 0 spiro atoms. The zero-order valence-electron chi connectivity index (χ0n) is 51.3. The van der Waals surface area contributed by atoms with Gasteiger partial charge >= 0.3 is 11.9 Å². The van der Waals surface area contributed by atoms with Crippen LogP contribution in [0.3, 0.4) is 0 Å². The second kappa shape index (κ2) is 52.3. The molecule has 0 aromatic heterocycles. The van der Waals surface area contributed by atoms with E-state index in [9.17, 15) is 45.3 Å². The van der Waals surface area contributed by atoms with Crippen molar-refractivity contribution in [1.82, 2.24) is 0 Å². The summed E-state index contributed by atoms with van der Waals surface area (Å²) >= 11 is 0. The number of rotatable bonds is 55. The molecular weight excluding hydrogens is 1030 g/mol. The van der Waals surface area contributed by atoms with E-state index in [1.807, 2.05) is 0 Å². The molecule has 0 radical (unpaired) electrons. The van der Waals surface area contributed by atoms with Crippen molar-refractivity contribution in [1.29, 1.82) is 0 Å². The first-order valence-corrected chi connectivity index (χ1v) is 33.4. The molecule has 4 unspecified atom stereocenters. The van der Waals surface area contributed by atoms with Crippen molar-refractivity contribution in [2.45, 2.75) is 357 Å². The summed E-state index contributed by atoms with van der Waals surface area (Å²) in [4.78, 5) is 26.0. The Morgan fingerprint density at radius 3 is 1.16 bits per heavy atom. The fraction of sp³-hybridized carbons (Fsp3) is 0.909. The lowest BCUT2D eigenvalue weighted by molar-refractivity contribution is -0.332. The fourth-order valence-electron chi connectivity index (χ4n) is 10.8. The number of aliphatic hydroxyl groups is 7. The third-order valence-electron chi connectivity index (χ3n) is 16.2. The van der Waals surface area contributed by atoms with Crippen LogP contribution in [0, 0.1) is 0 Å². The minimum atomic E-state index is -1.77. The molecule has 11 atom stereocenters. The van der Waals surface area contributed by atoms with E-state index >= 15 is 0 Å². The van der Waals surface area contributed by atoms with Crippen molar-refractivity contribution in [3.63, 3.8) is 0 Å². The second-order valence-corrected chi connectivity index (χ2v) is 23.6. The fourth-order valence-corrected chi connectivity index (χ4v) is 10.8. The number of aliphatic hydroxyl groups excluding tert-OH is 7. The van der Waals surface area contributed by atoms with Gasteiger partial charge in [0.2, 0.25) is 0 Å². The molecule has 0 bridgehead atoms. The normalized spacial score (nSPS) is 23.7. The van der Waals surface area contributed by atoms with Gasteiger partial charge in [-0.25, -0.2) is 0 Å². The van der Waals surface area contributed by atoms with E-state index in [1.165, 1.54) is 205 Å². The van der Waals surface area contributed by atoms with E-state index in [0.717, 1.165) is 38.5 Å². The SMILES string of the molecule is CCCCCCCCCCCCCCCC/C=C/CC/C=C/CCCC(=O)O[C@@H](COC(=O)CCCCCCCCCCCCCCCCCCCCCCCC)CO[C@@H]1O[C@H](CO[C@@H]2O[C@H](CO)[C@H](O)C(O)C2O)[C@H](O)C(O)C1O. The summed E-state index contributed by atoms with van der Waals surface area (Å²) < 4.78 is 33.8. The third-order valence-corrected chi connectivity index (χ3v) is 16.2. The highest BCUT2D eigenvalue weighted by Gasteiger charge is 2.47. The van der Waals surface area contributed by atoms with Crippen LogP contribution < -0.4 is 0 Å². The van der Waals surface area contributed by atoms with Gasteiger partial charge in [0.15, 0.2) is 18.7 Å². The van der Waals surface area contributed by atoms with Gasteiger partial charge in [0.05, 0.1) is 19.8 Å². The number of ether oxygens (including phenoxy) is 6. The molecule has 476 valence electrons. The van der Waals surface area contributed by atoms with Crippen LogP contribution in [-0.4, -0.2) is 142 Å². The Labute approximate surface area is 492 Å². The van der Waals surface area contributed by atoms with Gasteiger partial charge in [-0.15, -0.1) is 0 Å². The molecule has 15 heteroatoms. The smallest absolute Gasteiger partial charge is 0.306 e. The maximum Gasteiger partial charge on any atom is 0.306 e. The van der Waals surface area contributed by atoms with Gasteiger partial charge in [-0.3, -0.25) is 9.59 Å². The average molecular weight is 1160 g/mol. The Balaban J connectivity index is 1.70. The van der Waals surface area contributed by atoms with Crippen LogP contribution >= 0.6 is 0 Å². The van der Waals surface area contributed by atoms with E-state index < -0.39 is 99.3 Å². The molecule has 0 aromatic carbocycles. The summed E-state index contributed by atoms with van der Waals surface area (Å²) in [5.41, 5.74) is 0. The third kappa shape index (κ3) is 38.6. The Kier molecular flexibility index (Phi) is 48.5. The first-order valence-electron chi connectivity index (χ1n) is 33.4. The molecule has 0 aliphatic carbocycles. The van der Waals surface area contributed by atoms with Gasteiger partial charge in [0.25, 0.3) is 0 Å². The predicted octanol–water partition coefficient (Wildman–Crippen LogP) is 13.0. The molecule has 2 aliphatic rings. The van der Waals surface area contributed by atoms with Crippen LogP contribution in [0.1, 0.15) is 290 Å². The maximum absolute atomic E-state index is 13.1. The van der Waals surface area contributed by atoms with Crippen LogP contribution in [0.15, 0.2) is 24.3 Å². The van der Waals surface area contributed by atoms with Crippen LogP contribution in [-0.2, 0) is 38.0 Å². The van der Waals surface area contributed by atoms with Crippen molar-refractivity contribution >= 4 is 11.9 Å². The number of hydrogen-bond acceptors (Lipinski definition) is 15. The summed E-state index contributed by atoms with van der Waals surface area (Å²) in [6, 6.07) is 0. The average Bonchev–Trinajstić information content (AvgIpc) is 3.47. The van der Waals surface area contributed by atoms with E-state index in [1.54, 1.807) is 0 Å². The number of carbonyl (C=O) groups excluding carboxylic acids is 2. The molecule has 7 N–H and O–H groups in total. The number of esters is 2. The Morgan fingerprint density at radius 2 is 0.728 bits per heavy atom. The molecule has 0 amide bonds. The molecule has 81 heavy (non-hydrogen) atoms. The largest absolute Gasteiger partial charge is 0.462 e. The molecular formula is C66H122O15. The first kappa shape index (κ1) is 75.1. The molecule has 2 aliphatic heterocycles. The van der Waals surface area contributed by atoms with Gasteiger partial charge < -0.3 is 64.2 Å². The standard InChI is InChI=1S/C66H122O15/c1-3-5-7-9-11-13-15-17-19-21-23-25-27-29-31-33-35-37-39-41-43-45-47-49-58(69)79-54(52-77-65-64(75)62(73)60(71)56(81-65)53-78-66-63(74)61(72)59(70)55(50-67)80-66)51-76-57(68)48-46-44-42-40-38-36-34-32-30-28-26-24-22-20-18-16-14-12-10-8-6-4-2/h33,35,41,43,54-56,59-67,70-75H,3-32,34,36-40,42,44-53H2,1-2H3/b35-33+,43-41+/t54-,55+,56+,59-,60-,61?,62?,63?,64?,65+,66+/m0/s1. The Morgan fingerprint density at radius 1 is 0.383 bits per heavy atom. The number of carbonyl (C=O) groups is 2. The molecule has 2 saturated heterocycles. The van der Waals surface area contributed by atoms with Gasteiger partial charge in [0.1, 0.15) is 55.4 Å². The minimum absolute atomic E-state index is 0.109. The van der Waals surface area contributed by atoms with Crippen LogP contribution in [0.4, 0.5) is 0 Å². The van der Waals surface area contributed by atoms with Crippen molar-refractivity contribution in [3.8, 4) is 0 Å². The molecule has 15 nitrogen and oxygen atoms in total. The quantitative estimate of drug-likeness (QED) is 0.0171. The Hall–Kier alpha value is -2.02. The maximum atomic E-state index is 13.1. The summed E-state index contributed by atoms with van der Waals surface area (Å²) in [5.74, 6) is -0.956. The van der Waals surface area contributed by atoms with E-state index in [4.69, 9.17) is 28.4 Å². The molecule has 2 rings (SSSR count). The van der Waals surface area contributed by atoms with Crippen molar-refractivity contribution in [3.05, 3.63) is 24.3 Å². The van der Waals surface area contributed by atoms with Gasteiger partial charge in [0, 0.05) is 12.8 Å². The van der Waals surface area contributed by atoms with Gasteiger partial charge in [-0.1, -0.05) is 256 Å². The van der Waals surface area contributed by atoms with Crippen molar-refractivity contribution in [2.75, 3.05) is 26.4 Å². The first-order chi connectivity index (χ1) is 39.5. The lowest BCUT2D eigenvalue weighted by atomic mass is 9.98. The van der Waals surface area contributed by atoms with Crippen molar-refractivity contribution < 1.29 is 73.8 Å². The highest BCUT2D eigenvalue weighted by Crippen LogP contribution is 2.27. The molecule has 0 aromatic rings. The van der Waals surface area contributed by atoms with E-state index in [-0.39, 0.29) is 19.4 Å². The summed E-state index contributed by atoms with van der Waals surface area (Å²) in [5, 5.41) is 72.5. The highest BCUT2D eigenvalue weighted by atomic mass is 16.7. The van der Waals surface area contributed by atoms with E-state index in [0.29, 0.717) is 19.3 Å².